The van der Waals surface area contributed by atoms with Gasteiger partial charge in [0.2, 0.25) is 0 Å². The monoisotopic (exact) mass is 369 g/mol. The van der Waals surface area contributed by atoms with Gasteiger partial charge >= 0.3 is 6.09 Å². The fourth-order valence-electron chi connectivity index (χ4n) is 3.30. The molecule has 0 radical (unpaired) electrons. The van der Waals surface area contributed by atoms with E-state index < -0.39 is 11.7 Å². The molecule has 27 heavy (non-hydrogen) atoms. The highest BCUT2D eigenvalue weighted by Crippen LogP contribution is 2.38. The molecule has 6 heteroatoms. The van der Waals surface area contributed by atoms with Gasteiger partial charge in [-0.15, -0.1) is 0 Å². The van der Waals surface area contributed by atoms with Crippen molar-refractivity contribution in [2.24, 2.45) is 0 Å². The molecule has 2 atom stereocenters. The zero-order valence-electron chi connectivity index (χ0n) is 16.1. The maximum absolute atomic E-state index is 12.2. The van der Waals surface area contributed by atoms with Crippen LogP contribution in [-0.4, -0.2) is 16.7 Å². The van der Waals surface area contributed by atoms with Crippen LogP contribution < -0.4 is 11.1 Å². The molecule has 1 amide bonds. The van der Waals surface area contributed by atoms with Crippen molar-refractivity contribution in [1.82, 2.24) is 10.3 Å². The number of hydrogen-bond acceptors (Lipinski definition) is 5. The van der Waals surface area contributed by atoms with Gasteiger partial charge in [0.05, 0.1) is 18.8 Å². The number of aromatic nitrogens is 1. The molecule has 0 saturated carbocycles. The molecule has 3 rings (SSSR count). The van der Waals surface area contributed by atoms with Crippen molar-refractivity contribution in [3.63, 3.8) is 0 Å². The summed E-state index contributed by atoms with van der Waals surface area (Å²) < 4.78 is 11.6. The van der Waals surface area contributed by atoms with E-state index in [1.807, 2.05) is 51.1 Å². The van der Waals surface area contributed by atoms with E-state index >= 15 is 0 Å². The predicted octanol–water partition coefficient (Wildman–Crippen LogP) is 4.28. The normalized spacial score (nSPS) is 19.2. The molecule has 6 nitrogen and oxygen atoms in total. The number of amides is 1. The molecule has 1 aromatic heterocycles. The summed E-state index contributed by atoms with van der Waals surface area (Å²) in [5.41, 5.74) is 8.39. The van der Waals surface area contributed by atoms with Gasteiger partial charge in [-0.25, -0.2) is 9.78 Å². The molecule has 1 aromatic carbocycles. The van der Waals surface area contributed by atoms with Crippen molar-refractivity contribution in [3.05, 3.63) is 59.3 Å². The summed E-state index contributed by atoms with van der Waals surface area (Å²) in [5, 5.41) is 2.99. The zero-order valence-corrected chi connectivity index (χ0v) is 16.1. The van der Waals surface area contributed by atoms with E-state index in [4.69, 9.17) is 15.2 Å². The molecule has 0 saturated heterocycles. The molecule has 2 unspecified atom stereocenters. The van der Waals surface area contributed by atoms with Crippen molar-refractivity contribution in [3.8, 4) is 0 Å². The van der Waals surface area contributed by atoms with E-state index in [1.54, 1.807) is 6.20 Å². The molecule has 2 aromatic rings. The fourth-order valence-corrected chi connectivity index (χ4v) is 3.30. The molecular weight excluding hydrogens is 342 g/mol. The molecule has 3 N–H and O–H groups in total. The van der Waals surface area contributed by atoms with E-state index in [2.05, 4.69) is 16.4 Å². The number of rotatable bonds is 4. The van der Waals surface area contributed by atoms with Gasteiger partial charge in [-0.05, 0) is 62.4 Å². The van der Waals surface area contributed by atoms with Crippen molar-refractivity contribution in [2.45, 2.75) is 58.0 Å². The Hall–Kier alpha value is -2.60. The number of nitrogen functional groups attached to an aromatic ring is 1. The second kappa shape index (κ2) is 7.96. The number of ether oxygens (including phenoxy) is 2. The van der Waals surface area contributed by atoms with Gasteiger partial charge in [-0.1, -0.05) is 24.3 Å². The molecule has 1 heterocycles. The van der Waals surface area contributed by atoms with Crippen LogP contribution in [0.2, 0.25) is 0 Å². The Morgan fingerprint density at radius 1 is 1.22 bits per heavy atom. The van der Waals surface area contributed by atoms with E-state index in [0.717, 1.165) is 29.5 Å². The number of nitrogens with two attached hydrogens (primary N) is 1. The lowest BCUT2D eigenvalue weighted by Crippen LogP contribution is -2.36. The van der Waals surface area contributed by atoms with Crippen LogP contribution in [0.25, 0.3) is 0 Å². The lowest BCUT2D eigenvalue weighted by Gasteiger charge is -2.32. The van der Waals surface area contributed by atoms with Crippen molar-refractivity contribution < 1.29 is 14.3 Å². The summed E-state index contributed by atoms with van der Waals surface area (Å²) in [6.07, 6.45) is 2.88. The Morgan fingerprint density at radius 3 is 2.67 bits per heavy atom. The van der Waals surface area contributed by atoms with Crippen molar-refractivity contribution in [2.75, 3.05) is 5.73 Å². The summed E-state index contributed by atoms with van der Waals surface area (Å²) >= 11 is 0. The van der Waals surface area contributed by atoms with Crippen LogP contribution in [-0.2, 0) is 16.1 Å². The first-order valence-corrected chi connectivity index (χ1v) is 9.22. The van der Waals surface area contributed by atoms with Crippen molar-refractivity contribution in [1.29, 1.82) is 0 Å². The van der Waals surface area contributed by atoms with Crippen molar-refractivity contribution >= 4 is 11.9 Å². The average molecular weight is 369 g/mol. The van der Waals surface area contributed by atoms with Crippen LogP contribution in [0.5, 0.6) is 0 Å². The summed E-state index contributed by atoms with van der Waals surface area (Å²) in [6.45, 7) is 6.04. The van der Waals surface area contributed by atoms with Crippen LogP contribution in [0.4, 0.5) is 10.6 Å². The maximum Gasteiger partial charge on any atom is 0.408 e. The average Bonchev–Trinajstić information content (AvgIpc) is 2.59. The molecule has 0 spiro atoms. The Kier molecular flexibility index (Phi) is 5.65. The number of carbonyl (C=O) groups excluding carboxylic acids is 1. The maximum atomic E-state index is 12.2. The highest BCUT2D eigenvalue weighted by atomic mass is 16.6. The molecule has 1 aliphatic rings. The third kappa shape index (κ3) is 5.20. The quantitative estimate of drug-likeness (QED) is 0.840. The van der Waals surface area contributed by atoms with E-state index in [1.165, 1.54) is 0 Å². The Labute approximate surface area is 160 Å². The molecule has 0 fully saturated rings. The van der Waals surface area contributed by atoms with Gasteiger partial charge in [0.15, 0.2) is 0 Å². The van der Waals surface area contributed by atoms with Gasteiger partial charge in [0, 0.05) is 6.20 Å². The van der Waals surface area contributed by atoms with Crippen LogP contribution in [0.3, 0.4) is 0 Å². The number of nitrogens with one attached hydrogen (secondary N) is 1. The molecule has 144 valence electrons. The number of alkyl carbamates (subject to hydrolysis) is 1. The van der Waals surface area contributed by atoms with Gasteiger partial charge < -0.3 is 20.5 Å². The van der Waals surface area contributed by atoms with Gasteiger partial charge in [0.25, 0.3) is 0 Å². The lowest BCUT2D eigenvalue weighted by atomic mass is 9.85. The second-order valence-corrected chi connectivity index (χ2v) is 7.79. The molecule has 1 aliphatic carbocycles. The van der Waals surface area contributed by atoms with Gasteiger partial charge in [-0.3, -0.25) is 0 Å². The smallest absolute Gasteiger partial charge is 0.408 e. The molecular formula is C21H27N3O3. The Morgan fingerprint density at radius 2 is 1.96 bits per heavy atom. The Balaban J connectivity index is 1.69. The first kappa shape index (κ1) is 19.2. The topological polar surface area (TPSA) is 86.5 Å². The number of hydrogen-bond donors (Lipinski definition) is 2. The summed E-state index contributed by atoms with van der Waals surface area (Å²) in [7, 11) is 0. The van der Waals surface area contributed by atoms with Crippen LogP contribution in [0.1, 0.15) is 62.4 Å². The van der Waals surface area contributed by atoms with Crippen LogP contribution in [0.15, 0.2) is 42.6 Å². The Bertz CT molecular complexity index is 801. The SMILES string of the molecule is CC(C)(C)OC(=O)NC1CCC(OCc2ccnc(N)c2)c2ccccc21. The zero-order chi connectivity index (χ0) is 19.4. The van der Waals surface area contributed by atoms with E-state index in [9.17, 15) is 4.79 Å². The van der Waals surface area contributed by atoms with Gasteiger partial charge in [-0.2, -0.15) is 0 Å². The lowest BCUT2D eigenvalue weighted by molar-refractivity contribution is 0.0216. The highest BCUT2D eigenvalue weighted by molar-refractivity contribution is 5.68. The number of pyridine rings is 1. The number of nitrogens with zero attached hydrogens (tertiary/aromatic N) is 1. The first-order valence-electron chi connectivity index (χ1n) is 9.22. The third-order valence-corrected chi connectivity index (χ3v) is 4.42. The number of anilines is 1. The minimum absolute atomic E-state index is 0.0210. The number of carbonyl (C=O) groups is 1. The van der Waals surface area contributed by atoms with Gasteiger partial charge in [0.1, 0.15) is 11.4 Å². The fraction of sp³-hybridized carbons (Fsp3) is 0.429. The van der Waals surface area contributed by atoms with Crippen LogP contribution >= 0.6 is 0 Å². The second-order valence-electron chi connectivity index (χ2n) is 7.79. The predicted molar refractivity (Wildman–Crippen MR) is 104 cm³/mol. The third-order valence-electron chi connectivity index (χ3n) is 4.42. The standard InChI is InChI=1S/C21H27N3O3/c1-21(2,3)27-20(25)24-17-8-9-18(16-7-5-4-6-15(16)17)26-13-14-10-11-23-19(22)12-14/h4-7,10-12,17-18H,8-9,13H2,1-3H3,(H2,22,23)(H,24,25). The molecule has 0 aliphatic heterocycles. The number of benzene rings is 1. The summed E-state index contributed by atoms with van der Waals surface area (Å²) in [6, 6.07) is 11.7. The van der Waals surface area contributed by atoms with Crippen LogP contribution in [0, 0.1) is 0 Å². The van der Waals surface area contributed by atoms with E-state index in [0.29, 0.717) is 12.4 Å². The summed E-state index contributed by atoms with van der Waals surface area (Å²) in [5.74, 6) is 0.488. The minimum Gasteiger partial charge on any atom is -0.444 e. The molecule has 0 bridgehead atoms. The highest BCUT2D eigenvalue weighted by Gasteiger charge is 2.29. The largest absolute Gasteiger partial charge is 0.444 e. The summed E-state index contributed by atoms with van der Waals surface area (Å²) in [4.78, 5) is 16.2. The number of fused-ring (bicyclic) bond motifs is 1. The van der Waals surface area contributed by atoms with E-state index in [-0.39, 0.29) is 12.1 Å². The first-order chi connectivity index (χ1) is 12.8. The minimum atomic E-state index is -0.518.